The molecule has 0 unspecified atom stereocenters. The molecule has 1 N–H and O–H groups in total. The van der Waals surface area contributed by atoms with E-state index in [2.05, 4.69) is 21.2 Å². The summed E-state index contributed by atoms with van der Waals surface area (Å²) >= 11 is 4.77. The fourth-order valence-electron chi connectivity index (χ4n) is 1.76. The number of thiophene rings is 1. The van der Waals surface area contributed by atoms with Crippen LogP contribution in [0.5, 0.6) is 0 Å². The molecule has 0 fully saturated rings. The van der Waals surface area contributed by atoms with Gasteiger partial charge in [0.05, 0.1) is 15.2 Å². The van der Waals surface area contributed by atoms with Gasteiger partial charge in [0.1, 0.15) is 0 Å². The molecule has 1 aromatic carbocycles. The summed E-state index contributed by atoms with van der Waals surface area (Å²) in [6, 6.07) is 11.0. The Morgan fingerprint density at radius 3 is 2.52 bits per heavy atom. The number of aryl methyl sites for hydroxylation is 1. The molecular weight excluding hydrogens is 352 g/mol. The van der Waals surface area contributed by atoms with E-state index in [1.807, 2.05) is 31.2 Å². The van der Waals surface area contributed by atoms with Crippen LogP contribution in [0.1, 0.15) is 15.2 Å². The number of rotatable bonds is 4. The van der Waals surface area contributed by atoms with Crippen LogP contribution in [-0.2, 0) is 4.79 Å². The van der Waals surface area contributed by atoms with Crippen LogP contribution < -0.4 is 5.32 Å². The van der Waals surface area contributed by atoms with E-state index >= 15 is 0 Å². The second-order valence-corrected chi connectivity index (χ2v) is 7.01. The SMILES string of the molecule is Cc1cc(C(=O)N(C)CC(=O)Nc2ccccc2)sc1Br. The maximum absolute atomic E-state index is 12.2. The molecule has 4 nitrogen and oxygen atoms in total. The molecule has 0 saturated carbocycles. The molecule has 0 bridgehead atoms. The van der Waals surface area contributed by atoms with Crippen LogP contribution in [0.4, 0.5) is 5.69 Å². The Bertz CT molecular complexity index is 635. The summed E-state index contributed by atoms with van der Waals surface area (Å²) in [4.78, 5) is 26.2. The van der Waals surface area contributed by atoms with Crippen LogP contribution in [0, 0.1) is 6.92 Å². The number of halogens is 1. The first-order chi connectivity index (χ1) is 9.97. The van der Waals surface area contributed by atoms with E-state index in [-0.39, 0.29) is 18.4 Å². The molecule has 110 valence electrons. The summed E-state index contributed by atoms with van der Waals surface area (Å²) in [5.41, 5.74) is 1.74. The Labute approximate surface area is 135 Å². The summed E-state index contributed by atoms with van der Waals surface area (Å²) in [6.07, 6.45) is 0. The molecule has 2 rings (SSSR count). The molecule has 2 aromatic rings. The lowest BCUT2D eigenvalue weighted by atomic mass is 10.3. The number of hydrogen-bond donors (Lipinski definition) is 1. The van der Waals surface area contributed by atoms with E-state index in [9.17, 15) is 9.59 Å². The van der Waals surface area contributed by atoms with E-state index < -0.39 is 0 Å². The second kappa shape index (κ2) is 6.87. The largest absolute Gasteiger partial charge is 0.332 e. The van der Waals surface area contributed by atoms with Crippen molar-refractivity contribution in [2.24, 2.45) is 0 Å². The third-order valence-corrected chi connectivity index (χ3v) is 4.98. The smallest absolute Gasteiger partial charge is 0.264 e. The first-order valence-corrected chi connectivity index (χ1v) is 7.94. The van der Waals surface area contributed by atoms with Crippen LogP contribution in [-0.4, -0.2) is 30.3 Å². The number of nitrogens with zero attached hydrogens (tertiary/aromatic N) is 1. The van der Waals surface area contributed by atoms with Crippen molar-refractivity contribution in [1.29, 1.82) is 0 Å². The first kappa shape index (κ1) is 15.7. The van der Waals surface area contributed by atoms with Gasteiger partial charge in [-0.25, -0.2) is 0 Å². The topological polar surface area (TPSA) is 49.4 Å². The van der Waals surface area contributed by atoms with E-state index in [1.54, 1.807) is 19.2 Å². The minimum Gasteiger partial charge on any atom is -0.332 e. The normalized spacial score (nSPS) is 10.2. The number of anilines is 1. The van der Waals surface area contributed by atoms with Crippen LogP contribution in [0.15, 0.2) is 40.2 Å². The average Bonchev–Trinajstić information content (AvgIpc) is 2.78. The lowest BCUT2D eigenvalue weighted by Crippen LogP contribution is -2.34. The summed E-state index contributed by atoms with van der Waals surface area (Å²) in [6.45, 7) is 1.95. The fourth-order valence-corrected chi connectivity index (χ4v) is 3.29. The highest BCUT2D eigenvalue weighted by molar-refractivity contribution is 9.11. The van der Waals surface area contributed by atoms with Gasteiger partial charge in [0.15, 0.2) is 0 Å². The maximum Gasteiger partial charge on any atom is 0.264 e. The van der Waals surface area contributed by atoms with Gasteiger partial charge < -0.3 is 10.2 Å². The quantitative estimate of drug-likeness (QED) is 0.899. The molecule has 0 saturated heterocycles. The molecule has 0 aliphatic heterocycles. The molecule has 0 atom stereocenters. The third kappa shape index (κ3) is 4.15. The van der Waals surface area contributed by atoms with E-state index in [0.717, 1.165) is 15.0 Å². The van der Waals surface area contributed by atoms with Gasteiger partial charge in [-0.3, -0.25) is 9.59 Å². The number of carbonyl (C=O) groups is 2. The fraction of sp³-hybridized carbons (Fsp3) is 0.200. The van der Waals surface area contributed by atoms with Gasteiger partial charge >= 0.3 is 0 Å². The Balaban J connectivity index is 1.96. The summed E-state index contributed by atoms with van der Waals surface area (Å²) in [5.74, 6) is -0.374. The molecule has 6 heteroatoms. The van der Waals surface area contributed by atoms with Crippen molar-refractivity contribution in [1.82, 2.24) is 4.90 Å². The predicted octanol–water partition coefficient (Wildman–Crippen LogP) is 3.53. The lowest BCUT2D eigenvalue weighted by molar-refractivity contribution is -0.116. The zero-order valence-electron chi connectivity index (χ0n) is 11.7. The van der Waals surface area contributed by atoms with Crippen molar-refractivity contribution in [2.45, 2.75) is 6.92 Å². The molecule has 1 aromatic heterocycles. The van der Waals surface area contributed by atoms with Crippen molar-refractivity contribution in [3.8, 4) is 0 Å². The zero-order chi connectivity index (χ0) is 15.4. The van der Waals surface area contributed by atoms with Crippen LogP contribution in [0.25, 0.3) is 0 Å². The first-order valence-electron chi connectivity index (χ1n) is 6.33. The van der Waals surface area contributed by atoms with Gasteiger partial charge in [0.2, 0.25) is 5.91 Å². The van der Waals surface area contributed by atoms with Gasteiger partial charge in [0.25, 0.3) is 5.91 Å². The highest BCUT2D eigenvalue weighted by atomic mass is 79.9. The summed E-state index contributed by atoms with van der Waals surface area (Å²) < 4.78 is 0.938. The predicted molar refractivity (Wildman–Crippen MR) is 88.8 cm³/mol. The van der Waals surface area contributed by atoms with Crippen molar-refractivity contribution in [2.75, 3.05) is 18.9 Å². The van der Waals surface area contributed by atoms with Crippen molar-refractivity contribution in [3.05, 3.63) is 50.6 Å². The van der Waals surface area contributed by atoms with Crippen LogP contribution >= 0.6 is 27.3 Å². The standard InChI is InChI=1S/C15H15BrN2O2S/c1-10-8-12(21-14(10)16)15(20)18(2)9-13(19)17-11-6-4-3-5-7-11/h3-8H,9H2,1-2H3,(H,17,19). The van der Waals surface area contributed by atoms with Crippen LogP contribution in [0.3, 0.4) is 0 Å². The van der Waals surface area contributed by atoms with E-state index in [4.69, 9.17) is 0 Å². The van der Waals surface area contributed by atoms with Crippen molar-refractivity contribution >= 4 is 44.8 Å². The average molecular weight is 367 g/mol. The number of nitrogens with one attached hydrogen (secondary N) is 1. The summed E-state index contributed by atoms with van der Waals surface area (Å²) in [5, 5.41) is 2.76. The van der Waals surface area contributed by atoms with Crippen LogP contribution in [0.2, 0.25) is 0 Å². The molecule has 0 radical (unpaired) electrons. The molecule has 21 heavy (non-hydrogen) atoms. The summed E-state index contributed by atoms with van der Waals surface area (Å²) in [7, 11) is 1.62. The molecule has 0 spiro atoms. The second-order valence-electron chi connectivity index (χ2n) is 4.64. The molecule has 1 heterocycles. The number of benzene rings is 1. The van der Waals surface area contributed by atoms with E-state index in [1.165, 1.54) is 16.2 Å². The highest BCUT2D eigenvalue weighted by Gasteiger charge is 2.17. The lowest BCUT2D eigenvalue weighted by Gasteiger charge is -2.15. The molecule has 0 aliphatic rings. The van der Waals surface area contributed by atoms with Crippen molar-refractivity contribution < 1.29 is 9.59 Å². The minimum absolute atomic E-state index is 0.0162. The van der Waals surface area contributed by atoms with E-state index in [0.29, 0.717) is 4.88 Å². The third-order valence-electron chi connectivity index (χ3n) is 2.85. The number of amides is 2. The zero-order valence-corrected chi connectivity index (χ0v) is 14.1. The Morgan fingerprint density at radius 2 is 1.95 bits per heavy atom. The Hall–Kier alpha value is -1.66. The minimum atomic E-state index is -0.218. The van der Waals surface area contributed by atoms with Crippen molar-refractivity contribution in [3.63, 3.8) is 0 Å². The molecular formula is C15H15BrN2O2S. The number of carbonyl (C=O) groups excluding carboxylic acids is 2. The monoisotopic (exact) mass is 366 g/mol. The van der Waals surface area contributed by atoms with Gasteiger partial charge in [-0.1, -0.05) is 18.2 Å². The van der Waals surface area contributed by atoms with Gasteiger partial charge in [-0.05, 0) is 46.6 Å². The number of hydrogen-bond acceptors (Lipinski definition) is 3. The van der Waals surface area contributed by atoms with Gasteiger partial charge in [-0.2, -0.15) is 0 Å². The molecule has 2 amide bonds. The van der Waals surface area contributed by atoms with Gasteiger partial charge in [0, 0.05) is 12.7 Å². The molecule has 0 aliphatic carbocycles. The Kier molecular flexibility index (Phi) is 5.14. The maximum atomic E-state index is 12.2. The number of likely N-dealkylation sites (N-methyl/N-ethyl adjacent to an activating group) is 1. The highest BCUT2D eigenvalue weighted by Crippen LogP contribution is 2.27. The van der Waals surface area contributed by atoms with Gasteiger partial charge in [-0.15, -0.1) is 11.3 Å². The Morgan fingerprint density at radius 1 is 1.29 bits per heavy atom. The number of para-hydroxylation sites is 1.